The fourth-order valence-electron chi connectivity index (χ4n) is 3.16. The van der Waals surface area contributed by atoms with E-state index in [9.17, 15) is 10.2 Å². The standard InChI is InChI=1S/C17H20O3/c1-2-11-9-13-10-15(19)7-8-16(13)20-17(11)12-3-5-14(18)6-4-12/h3,5-8,10-12,17-19H,2,4,9H2,1H3/t11-,12?,17+/m0/s1. The van der Waals surface area contributed by atoms with Crippen LogP contribution in [0.15, 0.2) is 42.2 Å². The molecule has 3 heteroatoms. The highest BCUT2D eigenvalue weighted by Crippen LogP contribution is 2.38. The zero-order valence-corrected chi connectivity index (χ0v) is 11.6. The number of hydrogen-bond donors (Lipinski definition) is 2. The average Bonchev–Trinajstić information content (AvgIpc) is 2.46. The van der Waals surface area contributed by atoms with E-state index < -0.39 is 0 Å². The third kappa shape index (κ3) is 2.40. The highest BCUT2D eigenvalue weighted by molar-refractivity contribution is 5.41. The Labute approximate surface area is 119 Å². The number of allylic oxidation sites excluding steroid dienone is 2. The minimum absolute atomic E-state index is 0.137. The van der Waals surface area contributed by atoms with Gasteiger partial charge in [0, 0.05) is 11.8 Å². The number of aromatic hydroxyl groups is 1. The van der Waals surface area contributed by atoms with Crippen LogP contribution in [-0.4, -0.2) is 16.3 Å². The molecule has 1 aliphatic heterocycles. The van der Waals surface area contributed by atoms with Crippen LogP contribution in [0, 0.1) is 11.8 Å². The van der Waals surface area contributed by atoms with E-state index in [-0.39, 0.29) is 6.10 Å². The normalized spacial score (nSPS) is 28.4. The maximum absolute atomic E-state index is 9.59. The van der Waals surface area contributed by atoms with E-state index in [0.717, 1.165) is 30.6 Å². The summed E-state index contributed by atoms with van der Waals surface area (Å²) in [6.45, 7) is 2.18. The van der Waals surface area contributed by atoms with Crippen molar-refractivity contribution in [3.05, 3.63) is 47.7 Å². The van der Waals surface area contributed by atoms with Crippen LogP contribution >= 0.6 is 0 Å². The van der Waals surface area contributed by atoms with Crippen LogP contribution in [0.25, 0.3) is 0 Å². The van der Waals surface area contributed by atoms with Crippen LogP contribution in [0.5, 0.6) is 11.5 Å². The molecule has 0 saturated heterocycles. The lowest BCUT2D eigenvalue weighted by atomic mass is 9.80. The Balaban J connectivity index is 1.85. The molecule has 1 aromatic rings. The van der Waals surface area contributed by atoms with Crippen molar-refractivity contribution in [2.75, 3.05) is 0 Å². The summed E-state index contributed by atoms with van der Waals surface area (Å²) in [5, 5.41) is 19.0. The van der Waals surface area contributed by atoms with E-state index in [1.54, 1.807) is 18.2 Å². The summed E-state index contributed by atoms with van der Waals surface area (Å²) in [5.74, 6) is 2.26. The van der Waals surface area contributed by atoms with Gasteiger partial charge in [-0.05, 0) is 55.2 Å². The van der Waals surface area contributed by atoms with E-state index in [1.165, 1.54) is 0 Å². The fraction of sp³-hybridized carbons (Fsp3) is 0.412. The maximum atomic E-state index is 9.59. The van der Waals surface area contributed by atoms with Crippen LogP contribution in [0.1, 0.15) is 25.3 Å². The molecule has 0 amide bonds. The molecular formula is C17H20O3. The van der Waals surface area contributed by atoms with Gasteiger partial charge in [0.2, 0.25) is 0 Å². The van der Waals surface area contributed by atoms with Gasteiger partial charge in [0.05, 0.1) is 0 Å². The number of rotatable bonds is 2. The van der Waals surface area contributed by atoms with Gasteiger partial charge in [-0.15, -0.1) is 0 Å². The Morgan fingerprint density at radius 3 is 2.85 bits per heavy atom. The predicted molar refractivity (Wildman–Crippen MR) is 78.0 cm³/mol. The van der Waals surface area contributed by atoms with Gasteiger partial charge in [-0.1, -0.05) is 13.0 Å². The summed E-state index contributed by atoms with van der Waals surface area (Å²) in [5.41, 5.74) is 1.09. The van der Waals surface area contributed by atoms with Gasteiger partial charge >= 0.3 is 0 Å². The summed E-state index contributed by atoms with van der Waals surface area (Å²) in [7, 11) is 0. The molecule has 1 aromatic carbocycles. The topological polar surface area (TPSA) is 49.7 Å². The molecule has 3 nitrogen and oxygen atoms in total. The lowest BCUT2D eigenvalue weighted by Gasteiger charge is -2.37. The zero-order valence-electron chi connectivity index (χ0n) is 11.6. The number of aliphatic hydroxyl groups is 1. The molecule has 2 N–H and O–H groups in total. The Kier molecular flexibility index (Phi) is 3.43. The molecule has 0 radical (unpaired) electrons. The van der Waals surface area contributed by atoms with Crippen molar-refractivity contribution >= 4 is 0 Å². The van der Waals surface area contributed by atoms with Crippen molar-refractivity contribution in [1.29, 1.82) is 0 Å². The Morgan fingerprint density at radius 1 is 1.30 bits per heavy atom. The van der Waals surface area contributed by atoms with E-state index in [1.807, 2.05) is 18.2 Å². The molecule has 2 aliphatic rings. The number of fused-ring (bicyclic) bond motifs is 1. The van der Waals surface area contributed by atoms with Gasteiger partial charge in [-0.2, -0.15) is 0 Å². The number of hydrogen-bond acceptors (Lipinski definition) is 3. The summed E-state index contributed by atoms with van der Waals surface area (Å²) in [4.78, 5) is 0. The van der Waals surface area contributed by atoms with Crippen molar-refractivity contribution in [3.8, 4) is 11.5 Å². The summed E-state index contributed by atoms with van der Waals surface area (Å²) >= 11 is 0. The quantitative estimate of drug-likeness (QED) is 0.862. The van der Waals surface area contributed by atoms with Gasteiger partial charge in [-0.25, -0.2) is 0 Å². The molecule has 3 rings (SSSR count). The monoisotopic (exact) mass is 272 g/mol. The third-order valence-electron chi connectivity index (χ3n) is 4.31. The zero-order chi connectivity index (χ0) is 14.1. The average molecular weight is 272 g/mol. The van der Waals surface area contributed by atoms with Crippen LogP contribution in [0.3, 0.4) is 0 Å². The molecular weight excluding hydrogens is 252 g/mol. The summed E-state index contributed by atoms with van der Waals surface area (Å²) in [6, 6.07) is 5.32. The summed E-state index contributed by atoms with van der Waals surface area (Å²) in [6.07, 6.45) is 8.59. The van der Waals surface area contributed by atoms with Gasteiger partial charge < -0.3 is 14.9 Å². The third-order valence-corrected chi connectivity index (χ3v) is 4.31. The molecule has 0 spiro atoms. The minimum atomic E-state index is 0.137. The lowest BCUT2D eigenvalue weighted by Crippen LogP contribution is -2.38. The van der Waals surface area contributed by atoms with Gasteiger partial charge in [0.25, 0.3) is 0 Å². The highest BCUT2D eigenvalue weighted by Gasteiger charge is 2.34. The highest BCUT2D eigenvalue weighted by atomic mass is 16.5. The first-order valence-electron chi connectivity index (χ1n) is 7.23. The molecule has 1 unspecified atom stereocenters. The Bertz CT molecular complexity index is 559. The van der Waals surface area contributed by atoms with Gasteiger partial charge in [0.15, 0.2) is 0 Å². The second-order valence-electron chi connectivity index (χ2n) is 5.63. The van der Waals surface area contributed by atoms with E-state index in [4.69, 9.17) is 4.74 Å². The van der Waals surface area contributed by atoms with Crippen molar-refractivity contribution in [2.45, 2.75) is 32.3 Å². The van der Waals surface area contributed by atoms with Crippen LogP contribution in [-0.2, 0) is 6.42 Å². The number of aliphatic hydroxyl groups excluding tert-OH is 1. The van der Waals surface area contributed by atoms with Crippen molar-refractivity contribution in [3.63, 3.8) is 0 Å². The Morgan fingerprint density at radius 2 is 2.15 bits per heavy atom. The molecule has 20 heavy (non-hydrogen) atoms. The van der Waals surface area contributed by atoms with Crippen molar-refractivity contribution in [2.24, 2.45) is 11.8 Å². The Hall–Kier alpha value is -1.90. The van der Waals surface area contributed by atoms with Crippen LogP contribution in [0.2, 0.25) is 0 Å². The molecule has 1 aliphatic carbocycles. The van der Waals surface area contributed by atoms with Gasteiger partial charge in [-0.3, -0.25) is 0 Å². The number of ether oxygens (including phenoxy) is 1. The van der Waals surface area contributed by atoms with Crippen molar-refractivity contribution in [1.82, 2.24) is 0 Å². The van der Waals surface area contributed by atoms with E-state index in [0.29, 0.717) is 23.3 Å². The van der Waals surface area contributed by atoms with E-state index >= 15 is 0 Å². The lowest BCUT2D eigenvalue weighted by molar-refractivity contribution is 0.0729. The minimum Gasteiger partial charge on any atom is -0.508 e. The number of phenols is 1. The molecule has 0 saturated carbocycles. The first kappa shape index (κ1) is 13.1. The smallest absolute Gasteiger partial charge is 0.123 e. The second-order valence-corrected chi connectivity index (χ2v) is 5.63. The van der Waals surface area contributed by atoms with Crippen molar-refractivity contribution < 1.29 is 14.9 Å². The summed E-state index contributed by atoms with van der Waals surface area (Å²) < 4.78 is 6.19. The fourth-order valence-corrected chi connectivity index (χ4v) is 3.16. The van der Waals surface area contributed by atoms with Gasteiger partial charge in [0.1, 0.15) is 23.4 Å². The maximum Gasteiger partial charge on any atom is 0.123 e. The first-order valence-corrected chi connectivity index (χ1v) is 7.23. The second kappa shape index (κ2) is 5.23. The van der Waals surface area contributed by atoms with Crippen LogP contribution < -0.4 is 4.74 Å². The number of phenolic OH excluding ortho intramolecular Hbond substituents is 1. The van der Waals surface area contributed by atoms with E-state index in [2.05, 4.69) is 6.92 Å². The first-order chi connectivity index (χ1) is 9.67. The molecule has 0 fully saturated rings. The largest absolute Gasteiger partial charge is 0.508 e. The van der Waals surface area contributed by atoms with Crippen LogP contribution in [0.4, 0.5) is 0 Å². The molecule has 0 bridgehead atoms. The predicted octanol–water partition coefficient (Wildman–Crippen LogP) is 3.74. The molecule has 3 atom stereocenters. The number of benzene rings is 1. The molecule has 106 valence electrons. The molecule has 1 heterocycles. The molecule has 0 aromatic heterocycles. The SMILES string of the molecule is CC[C@H]1Cc2cc(O)ccc2O[C@H]1C1C=CC(O)=CC1.